The van der Waals surface area contributed by atoms with Crippen molar-refractivity contribution in [1.82, 2.24) is 0 Å². The van der Waals surface area contributed by atoms with E-state index >= 15 is 0 Å². The van der Waals surface area contributed by atoms with Gasteiger partial charge in [-0.25, -0.2) is 0 Å². The molecule has 0 saturated carbocycles. The number of alkyl halides is 2. The molecular weight excluding hydrogens is 1050 g/mol. The van der Waals surface area contributed by atoms with E-state index in [9.17, 15) is 0 Å². The van der Waals surface area contributed by atoms with Crippen LogP contribution in [0.25, 0.3) is 0 Å². The highest BCUT2D eigenvalue weighted by Crippen LogP contribution is 2.46. The molecule has 0 N–H and O–H groups in total. The Morgan fingerprint density at radius 2 is 0.730 bits per heavy atom. The van der Waals surface area contributed by atoms with E-state index in [1.165, 1.54) is 20.7 Å². The molecule has 13 heteroatoms. The first-order valence-electron chi connectivity index (χ1n) is 22.2. The van der Waals surface area contributed by atoms with Crippen molar-refractivity contribution < 1.29 is 42.0 Å². The van der Waals surface area contributed by atoms with Crippen molar-refractivity contribution in [2.24, 2.45) is 0 Å². The Hall–Kier alpha value is -1.59. The minimum Gasteiger partial charge on any atom is -0.405 e. The van der Waals surface area contributed by atoms with Crippen LogP contribution in [0.1, 0.15) is 69.2 Å². The van der Waals surface area contributed by atoms with Crippen LogP contribution in [-0.4, -0.2) is 98.5 Å². The molecule has 10 atom stereocenters. The molecule has 9 nitrogen and oxygen atoms in total. The van der Waals surface area contributed by atoms with Gasteiger partial charge in [-0.1, -0.05) is 208 Å². The van der Waals surface area contributed by atoms with Gasteiger partial charge in [-0.05, 0) is 58.5 Å². The summed E-state index contributed by atoms with van der Waals surface area (Å²) < 4.78 is 62.4. The van der Waals surface area contributed by atoms with Gasteiger partial charge in [-0.2, -0.15) is 0 Å². The molecule has 340 valence electrons. The minimum absolute atomic E-state index is 0.221. The zero-order valence-corrected chi connectivity index (χ0v) is 44.5. The highest BCUT2D eigenvalue weighted by Gasteiger charge is 2.60. The first kappa shape index (κ1) is 47.9. The van der Waals surface area contributed by atoms with Gasteiger partial charge in [0, 0.05) is 0 Å². The van der Waals surface area contributed by atoms with Crippen LogP contribution >= 0.6 is 45.2 Å². The fraction of sp³-hybridized carbons (Fsp3) is 0.520. The molecular formula is C50H64I2O9Si2. The van der Waals surface area contributed by atoms with Crippen LogP contribution < -0.4 is 20.7 Å². The van der Waals surface area contributed by atoms with E-state index in [2.05, 4.69) is 208 Å². The van der Waals surface area contributed by atoms with Crippen LogP contribution in [0.15, 0.2) is 121 Å². The second-order valence-corrected chi connectivity index (χ2v) is 31.7. The minimum atomic E-state index is -2.92. The number of hydrogen-bond acceptors (Lipinski definition) is 9. The molecule has 4 saturated heterocycles. The quantitative estimate of drug-likeness (QED) is 0.0792. The van der Waals surface area contributed by atoms with Crippen molar-refractivity contribution in [2.75, 3.05) is 13.2 Å². The highest BCUT2D eigenvalue weighted by atomic mass is 127. The van der Waals surface area contributed by atoms with Crippen molar-refractivity contribution in [2.45, 2.75) is 148 Å². The van der Waals surface area contributed by atoms with Gasteiger partial charge >= 0.3 is 0 Å². The van der Waals surface area contributed by atoms with Gasteiger partial charge in [0.1, 0.15) is 36.6 Å². The second kappa shape index (κ2) is 18.5. The van der Waals surface area contributed by atoms with Crippen molar-refractivity contribution in [3.63, 3.8) is 0 Å². The lowest BCUT2D eigenvalue weighted by molar-refractivity contribution is -0.312. The molecule has 4 heterocycles. The van der Waals surface area contributed by atoms with Crippen molar-refractivity contribution in [1.29, 1.82) is 0 Å². The Bertz CT molecular complexity index is 1890. The maximum absolute atomic E-state index is 7.48. The number of rotatable bonds is 12. The van der Waals surface area contributed by atoms with E-state index in [-0.39, 0.29) is 55.6 Å². The zero-order chi connectivity index (χ0) is 45.0. The summed E-state index contributed by atoms with van der Waals surface area (Å²) >= 11 is 4.82. The van der Waals surface area contributed by atoms with Gasteiger partial charge in [-0.15, -0.1) is 0 Å². The van der Waals surface area contributed by atoms with Gasteiger partial charge in [0.15, 0.2) is 24.2 Å². The van der Waals surface area contributed by atoms with E-state index in [0.717, 1.165) is 0 Å². The second-order valence-electron chi connectivity index (χ2n) is 20.2. The molecule has 0 amide bonds. The highest BCUT2D eigenvalue weighted by molar-refractivity contribution is 14.1. The van der Waals surface area contributed by atoms with E-state index in [1.54, 1.807) is 0 Å². The molecule has 0 spiro atoms. The molecule has 0 bridgehead atoms. The van der Waals surface area contributed by atoms with E-state index in [4.69, 9.17) is 42.0 Å². The maximum atomic E-state index is 7.48. The van der Waals surface area contributed by atoms with Crippen molar-refractivity contribution >= 4 is 82.6 Å². The molecule has 4 aromatic carbocycles. The molecule has 0 unspecified atom stereocenters. The summed E-state index contributed by atoms with van der Waals surface area (Å²) in [6.45, 7) is 22.1. The molecule has 4 aromatic rings. The summed E-state index contributed by atoms with van der Waals surface area (Å²) in [7, 11) is -5.83. The third-order valence-corrected chi connectivity index (χ3v) is 25.5. The summed E-state index contributed by atoms with van der Waals surface area (Å²) in [5, 5.41) is 4.36. The van der Waals surface area contributed by atoms with Gasteiger partial charge < -0.3 is 42.0 Å². The van der Waals surface area contributed by atoms with Crippen molar-refractivity contribution in [3.05, 3.63) is 121 Å². The topological polar surface area (TPSA) is 83.1 Å². The van der Waals surface area contributed by atoms with Crippen LogP contribution in [0.2, 0.25) is 10.1 Å². The van der Waals surface area contributed by atoms with Crippen LogP contribution in [0, 0.1) is 0 Å². The molecule has 0 radical (unpaired) electrons. The number of halogens is 2. The van der Waals surface area contributed by atoms with Crippen LogP contribution in [-0.2, 0) is 42.0 Å². The van der Waals surface area contributed by atoms with Gasteiger partial charge in [0.05, 0.1) is 21.1 Å². The summed E-state index contributed by atoms with van der Waals surface area (Å²) in [6.07, 6.45) is -3.85. The largest absolute Gasteiger partial charge is 0.405 e. The van der Waals surface area contributed by atoms with Crippen LogP contribution in [0.3, 0.4) is 0 Å². The van der Waals surface area contributed by atoms with E-state index in [0.29, 0.717) is 0 Å². The first-order valence-corrected chi connectivity index (χ1v) is 28.5. The summed E-state index contributed by atoms with van der Waals surface area (Å²) in [5.74, 6) is -1.64. The molecule has 4 aliphatic heterocycles. The monoisotopic (exact) mass is 1120 g/mol. The smallest absolute Gasteiger partial charge is 0.261 e. The molecule has 4 aliphatic rings. The predicted molar refractivity (Wildman–Crippen MR) is 269 cm³/mol. The Balaban J connectivity index is 1.10. The van der Waals surface area contributed by atoms with Crippen LogP contribution in [0.5, 0.6) is 0 Å². The standard InChI is InChI=1S/C50H64I2O9Si2/c1-47(2,3)62(33-23-15-11-16-24-33,34-25-17-12-18-26-34)53-31-37-41-43(60-49(7,8)58-41)39(51)45(55-37)57-46-40(52)44-42(59-50(9,10)61-44)38(56-46)32-54-63(48(4,5)6,35-27-19-13-20-28-35)36-29-21-14-22-30-36/h11-30,37-46H,31-32H2,1-10H3/t37-,38-,39+,40+,41+,42+,43-,44-,45-,46-/m1/s1. The Morgan fingerprint density at radius 1 is 0.460 bits per heavy atom. The third-order valence-electron chi connectivity index (χ3n) is 12.9. The average Bonchev–Trinajstić information content (AvgIpc) is 3.77. The van der Waals surface area contributed by atoms with Crippen molar-refractivity contribution in [3.8, 4) is 0 Å². The van der Waals surface area contributed by atoms with Gasteiger partial charge in [0.25, 0.3) is 16.6 Å². The molecule has 0 aromatic heterocycles. The number of hydrogen-bond donors (Lipinski definition) is 0. The summed E-state index contributed by atoms with van der Waals surface area (Å²) in [5.41, 5.74) is 0. The number of fused-ring (bicyclic) bond motifs is 2. The molecule has 8 rings (SSSR count). The summed E-state index contributed by atoms with van der Waals surface area (Å²) in [6, 6.07) is 42.7. The normalized spacial score (nSPS) is 30.7. The third kappa shape index (κ3) is 9.36. The SMILES string of the molecule is CC1(C)O[C@@H]2[C@H](I)[C@@H](O[C@H]3O[C@H](CO[Si](c4ccccc4)(c4ccccc4)C(C)(C)C)[C@@H]4OC(C)(C)O[C@@H]4[C@@H]3I)O[C@H](CO[Si](c3ccccc3)(c3ccccc3)C(C)(C)C)[C@@H]2O1. The molecule has 4 fully saturated rings. The zero-order valence-electron chi connectivity index (χ0n) is 38.2. The van der Waals surface area contributed by atoms with E-state index in [1.807, 2.05) is 27.7 Å². The first-order chi connectivity index (χ1) is 29.8. The number of ether oxygens (including phenoxy) is 7. The number of benzene rings is 4. The Labute approximate surface area is 404 Å². The maximum Gasteiger partial charge on any atom is 0.261 e. The lowest BCUT2D eigenvalue weighted by atomic mass is 10.0. The molecule has 0 aliphatic carbocycles. The summed E-state index contributed by atoms with van der Waals surface area (Å²) in [4.78, 5) is 0. The average molecular weight is 1120 g/mol. The fourth-order valence-corrected chi connectivity index (χ4v) is 21.1. The van der Waals surface area contributed by atoms with Gasteiger partial charge in [-0.3, -0.25) is 0 Å². The Kier molecular flexibility index (Phi) is 14.1. The molecule has 63 heavy (non-hydrogen) atoms. The predicted octanol–water partition coefficient (Wildman–Crippen LogP) is 8.25. The van der Waals surface area contributed by atoms with Crippen LogP contribution in [0.4, 0.5) is 0 Å². The van der Waals surface area contributed by atoms with E-state index < -0.39 is 53.0 Å². The van der Waals surface area contributed by atoms with Gasteiger partial charge in [0.2, 0.25) is 0 Å². The Morgan fingerprint density at radius 3 is 1.00 bits per heavy atom. The lowest BCUT2D eigenvalue weighted by Gasteiger charge is -2.47. The lowest BCUT2D eigenvalue weighted by Crippen LogP contribution is -2.68. The fourth-order valence-electron chi connectivity index (χ4n) is 10.2.